The van der Waals surface area contributed by atoms with Crippen molar-refractivity contribution in [3.63, 3.8) is 0 Å². The summed E-state index contributed by atoms with van der Waals surface area (Å²) >= 11 is 0. The Bertz CT molecular complexity index is 2960. The first kappa shape index (κ1) is 29.7. The van der Waals surface area contributed by atoms with Gasteiger partial charge in [-0.05, 0) is 76.9 Å². The summed E-state index contributed by atoms with van der Waals surface area (Å²) in [4.78, 5) is 9.09. The molecule has 7 aromatic carbocycles. The molecule has 0 bridgehead atoms. The summed E-state index contributed by atoms with van der Waals surface area (Å²) in [5.74, 6) is 0. The number of rotatable bonds is 5. The monoisotopic (exact) mass is 663 g/mol. The number of aromatic nitrogens is 2. The van der Waals surface area contributed by atoms with Crippen LogP contribution < -0.4 is 0 Å². The maximum atomic E-state index is 8.04. The zero-order valence-corrected chi connectivity index (χ0v) is 28.0. The van der Waals surface area contributed by atoms with Gasteiger partial charge in [-0.25, -0.2) is 9.83 Å². The average molecular weight is 664 g/mol. The third kappa shape index (κ3) is 4.87. The highest BCUT2D eigenvalue weighted by Crippen LogP contribution is 2.41. The van der Waals surface area contributed by atoms with Crippen LogP contribution in [-0.4, -0.2) is 9.55 Å². The molecule has 3 heterocycles. The maximum Gasteiger partial charge on any atom is 0.194 e. The summed E-state index contributed by atoms with van der Waals surface area (Å²) in [5, 5.41) is 4.44. The molecular formula is C48H29N3O. The van der Waals surface area contributed by atoms with Gasteiger partial charge in [0.2, 0.25) is 0 Å². The molecule has 0 amide bonds. The molecule has 0 radical (unpaired) electrons. The lowest BCUT2D eigenvalue weighted by Gasteiger charge is -2.16. The van der Waals surface area contributed by atoms with Gasteiger partial charge in [-0.3, -0.25) is 0 Å². The Morgan fingerprint density at radius 3 is 1.81 bits per heavy atom. The van der Waals surface area contributed by atoms with E-state index in [2.05, 4.69) is 113 Å². The van der Waals surface area contributed by atoms with E-state index >= 15 is 0 Å². The molecule has 52 heavy (non-hydrogen) atoms. The Hall–Kier alpha value is -7.22. The van der Waals surface area contributed by atoms with Gasteiger partial charge in [-0.1, -0.05) is 121 Å². The van der Waals surface area contributed by atoms with Crippen molar-refractivity contribution >= 4 is 49.4 Å². The van der Waals surface area contributed by atoms with Crippen molar-refractivity contribution in [3.8, 4) is 50.5 Å². The van der Waals surface area contributed by atoms with Crippen LogP contribution in [0.15, 0.2) is 180 Å². The van der Waals surface area contributed by atoms with Crippen LogP contribution in [0, 0.1) is 6.57 Å². The Kier molecular flexibility index (Phi) is 6.84. The first-order valence-corrected chi connectivity index (χ1v) is 17.3. The van der Waals surface area contributed by atoms with Gasteiger partial charge >= 0.3 is 0 Å². The van der Waals surface area contributed by atoms with E-state index < -0.39 is 0 Å². The number of para-hydroxylation sites is 3. The highest BCUT2D eigenvalue weighted by Gasteiger charge is 2.19. The second-order valence-corrected chi connectivity index (χ2v) is 13.1. The molecule has 0 N–H and O–H groups in total. The smallest absolute Gasteiger partial charge is 0.194 e. The first-order chi connectivity index (χ1) is 25.7. The molecule has 242 valence electrons. The zero-order chi connectivity index (χ0) is 34.6. The summed E-state index contributed by atoms with van der Waals surface area (Å²) in [6, 6.07) is 60.8. The molecule has 0 saturated heterocycles. The van der Waals surface area contributed by atoms with Crippen molar-refractivity contribution in [2.24, 2.45) is 0 Å². The molecule has 0 aliphatic rings. The molecule has 0 unspecified atom stereocenters. The predicted molar refractivity (Wildman–Crippen MR) is 214 cm³/mol. The number of pyridine rings is 1. The zero-order valence-electron chi connectivity index (χ0n) is 28.0. The van der Waals surface area contributed by atoms with Gasteiger partial charge < -0.3 is 8.98 Å². The molecule has 0 atom stereocenters. The van der Waals surface area contributed by atoms with Crippen LogP contribution in [0.3, 0.4) is 0 Å². The summed E-state index contributed by atoms with van der Waals surface area (Å²) < 4.78 is 8.71. The van der Waals surface area contributed by atoms with Crippen LogP contribution in [0.2, 0.25) is 0 Å². The highest BCUT2D eigenvalue weighted by atomic mass is 16.3. The topological polar surface area (TPSA) is 35.3 Å². The molecule has 10 rings (SSSR count). The van der Waals surface area contributed by atoms with Gasteiger partial charge in [0.25, 0.3) is 0 Å². The maximum absolute atomic E-state index is 8.04. The van der Waals surface area contributed by atoms with Gasteiger partial charge in [-0.15, -0.1) is 0 Å². The van der Waals surface area contributed by atoms with Crippen LogP contribution in [0.5, 0.6) is 0 Å². The van der Waals surface area contributed by atoms with E-state index in [4.69, 9.17) is 16.0 Å². The van der Waals surface area contributed by atoms with E-state index in [0.29, 0.717) is 5.69 Å². The van der Waals surface area contributed by atoms with Crippen LogP contribution in [0.4, 0.5) is 5.69 Å². The van der Waals surface area contributed by atoms with Crippen molar-refractivity contribution in [2.45, 2.75) is 0 Å². The lowest BCUT2D eigenvalue weighted by atomic mass is 9.95. The summed E-state index contributed by atoms with van der Waals surface area (Å²) in [6.45, 7) is 8.04. The van der Waals surface area contributed by atoms with E-state index in [9.17, 15) is 0 Å². The van der Waals surface area contributed by atoms with Crippen LogP contribution in [0.1, 0.15) is 0 Å². The van der Waals surface area contributed by atoms with E-state index in [1.807, 2.05) is 72.8 Å². The summed E-state index contributed by atoms with van der Waals surface area (Å²) in [7, 11) is 0. The fraction of sp³-hybridized carbons (Fsp3) is 0. The Balaban J connectivity index is 1.29. The molecule has 4 heteroatoms. The molecule has 4 nitrogen and oxygen atoms in total. The first-order valence-electron chi connectivity index (χ1n) is 17.3. The Morgan fingerprint density at radius 1 is 0.442 bits per heavy atom. The number of furan rings is 1. The molecule has 0 spiro atoms. The summed E-state index contributed by atoms with van der Waals surface area (Å²) in [6.07, 6.45) is 0. The van der Waals surface area contributed by atoms with E-state index in [-0.39, 0.29) is 0 Å². The van der Waals surface area contributed by atoms with Gasteiger partial charge in [-0.2, -0.15) is 0 Å². The molecule has 0 saturated carbocycles. The molecule has 0 aliphatic carbocycles. The fourth-order valence-electron chi connectivity index (χ4n) is 7.55. The van der Waals surface area contributed by atoms with Crippen LogP contribution in [0.25, 0.3) is 99.0 Å². The molecule has 0 fully saturated rings. The molecule has 10 aromatic rings. The van der Waals surface area contributed by atoms with Crippen LogP contribution >= 0.6 is 0 Å². The average Bonchev–Trinajstić information content (AvgIpc) is 3.75. The van der Waals surface area contributed by atoms with E-state index in [1.165, 1.54) is 0 Å². The minimum absolute atomic E-state index is 0.615. The SMILES string of the molecule is [C-]#[N+]c1ccccc1-c1cc(-c2cc(-c3ccccc3)nc(-c3ccccc3)c2)cc(-n2c3ccccc3c3cc4oc5ccccc5c4cc32)c1. The third-order valence-corrected chi connectivity index (χ3v) is 9.98. The minimum atomic E-state index is 0.615. The van der Waals surface area contributed by atoms with E-state index in [0.717, 1.165) is 94.2 Å². The highest BCUT2D eigenvalue weighted by molar-refractivity contribution is 6.17. The van der Waals surface area contributed by atoms with Crippen molar-refractivity contribution in [2.75, 3.05) is 0 Å². The number of hydrogen-bond acceptors (Lipinski definition) is 2. The Morgan fingerprint density at radius 2 is 1.06 bits per heavy atom. The quantitative estimate of drug-likeness (QED) is 0.172. The number of fused-ring (bicyclic) bond motifs is 6. The number of nitrogens with zero attached hydrogens (tertiary/aromatic N) is 3. The normalized spacial score (nSPS) is 11.4. The van der Waals surface area contributed by atoms with Gasteiger partial charge in [0.05, 0.1) is 29.0 Å². The molecular weight excluding hydrogens is 635 g/mol. The second-order valence-electron chi connectivity index (χ2n) is 13.1. The standard InChI is InChI=1S/C48H29N3O/c1-49-42-21-11-8-18-37(42)35-24-33(34-27-43(31-14-4-2-5-15-31)50-44(28-34)32-16-6-3-7-17-32)25-36(26-35)51-45-22-12-9-19-38(45)40-30-48-41(29-46(40)51)39-20-10-13-23-47(39)52-48/h2-30H. The lowest BCUT2D eigenvalue weighted by Crippen LogP contribution is -1.97. The van der Waals surface area contributed by atoms with Gasteiger partial charge in [0, 0.05) is 38.4 Å². The largest absolute Gasteiger partial charge is 0.456 e. The molecule has 3 aromatic heterocycles. The fourth-order valence-corrected chi connectivity index (χ4v) is 7.55. The second kappa shape index (κ2) is 12.0. The van der Waals surface area contributed by atoms with Crippen molar-refractivity contribution < 1.29 is 4.42 Å². The number of hydrogen-bond donors (Lipinski definition) is 0. The molecule has 0 aliphatic heterocycles. The van der Waals surface area contributed by atoms with Crippen LogP contribution in [-0.2, 0) is 0 Å². The predicted octanol–water partition coefficient (Wildman–Crippen LogP) is 13.3. The van der Waals surface area contributed by atoms with Gasteiger partial charge in [0.15, 0.2) is 5.69 Å². The van der Waals surface area contributed by atoms with Crippen molar-refractivity contribution in [3.05, 3.63) is 187 Å². The van der Waals surface area contributed by atoms with Gasteiger partial charge in [0.1, 0.15) is 11.2 Å². The Labute approximate surface area is 300 Å². The summed E-state index contributed by atoms with van der Waals surface area (Å²) in [5.41, 5.74) is 13.4. The number of benzene rings is 7. The van der Waals surface area contributed by atoms with Crippen molar-refractivity contribution in [1.82, 2.24) is 9.55 Å². The van der Waals surface area contributed by atoms with E-state index in [1.54, 1.807) is 0 Å². The minimum Gasteiger partial charge on any atom is -0.456 e. The third-order valence-electron chi connectivity index (χ3n) is 9.98. The lowest BCUT2D eigenvalue weighted by molar-refractivity contribution is 0.669. The van der Waals surface area contributed by atoms with Crippen molar-refractivity contribution in [1.29, 1.82) is 0 Å².